The fourth-order valence-electron chi connectivity index (χ4n) is 3.78. The number of hydrogen-bond donors (Lipinski definition) is 0. The Bertz CT molecular complexity index is 907. The van der Waals surface area contributed by atoms with Gasteiger partial charge in [-0.05, 0) is 42.3 Å². The molecular formula is C20H21Cl2N3O. The van der Waals surface area contributed by atoms with Gasteiger partial charge in [-0.3, -0.25) is 4.90 Å². The summed E-state index contributed by atoms with van der Waals surface area (Å²) in [5.74, 6) is 2.21. The van der Waals surface area contributed by atoms with Crippen LogP contribution in [0.15, 0.2) is 42.5 Å². The zero-order valence-corrected chi connectivity index (χ0v) is 16.2. The van der Waals surface area contributed by atoms with Crippen LogP contribution >= 0.6 is 23.2 Å². The van der Waals surface area contributed by atoms with Crippen LogP contribution in [0.2, 0.25) is 5.02 Å². The normalized spacial score (nSPS) is 17.9. The summed E-state index contributed by atoms with van der Waals surface area (Å²) in [4.78, 5) is 7.16. The average molecular weight is 390 g/mol. The van der Waals surface area contributed by atoms with Crippen LogP contribution in [0.1, 0.15) is 23.9 Å². The number of methoxy groups -OCH3 is 1. The third kappa shape index (κ3) is 3.41. The Kier molecular flexibility index (Phi) is 5.07. The summed E-state index contributed by atoms with van der Waals surface area (Å²) in [7, 11) is 1.69. The van der Waals surface area contributed by atoms with E-state index in [2.05, 4.69) is 26.6 Å². The first-order chi connectivity index (χ1) is 12.7. The maximum Gasteiger partial charge on any atom is 0.125 e. The number of ether oxygens (including phenoxy) is 1. The third-order valence-corrected chi connectivity index (χ3v) is 5.50. The Morgan fingerprint density at radius 1 is 1.19 bits per heavy atom. The first kappa shape index (κ1) is 17.7. The van der Waals surface area contributed by atoms with Gasteiger partial charge in [-0.25, -0.2) is 4.98 Å². The number of likely N-dealkylation sites (tertiary alicyclic amines) is 1. The van der Waals surface area contributed by atoms with Crippen LogP contribution in [-0.2, 0) is 12.4 Å². The lowest BCUT2D eigenvalue weighted by Gasteiger charge is -2.19. The van der Waals surface area contributed by atoms with Gasteiger partial charge in [0.2, 0.25) is 0 Å². The molecule has 0 radical (unpaired) electrons. The molecule has 2 aromatic carbocycles. The number of nitrogens with zero attached hydrogens (tertiary/aromatic N) is 3. The summed E-state index contributed by atoms with van der Waals surface area (Å²) in [5.41, 5.74) is 3.33. The molecule has 1 aliphatic heterocycles. The zero-order chi connectivity index (χ0) is 18.1. The van der Waals surface area contributed by atoms with Crippen LogP contribution in [0.3, 0.4) is 0 Å². The smallest absolute Gasteiger partial charge is 0.125 e. The second-order valence-electron chi connectivity index (χ2n) is 6.69. The molecule has 0 bridgehead atoms. The number of aromatic nitrogens is 2. The van der Waals surface area contributed by atoms with Crippen molar-refractivity contribution in [3.8, 4) is 5.75 Å². The Labute approximate surface area is 163 Å². The molecule has 0 aliphatic carbocycles. The van der Waals surface area contributed by atoms with Crippen molar-refractivity contribution < 1.29 is 4.74 Å². The van der Waals surface area contributed by atoms with Gasteiger partial charge in [0.25, 0.3) is 0 Å². The van der Waals surface area contributed by atoms with Gasteiger partial charge < -0.3 is 9.30 Å². The van der Waals surface area contributed by atoms with E-state index >= 15 is 0 Å². The SMILES string of the molecule is COc1ccc(CN2CCC(n3c(CCl)nc4cc(Cl)ccc43)C2)cc1. The number of alkyl halides is 1. The van der Waals surface area contributed by atoms with Gasteiger partial charge in [0.1, 0.15) is 11.6 Å². The minimum atomic E-state index is 0.383. The van der Waals surface area contributed by atoms with Crippen molar-refractivity contribution in [2.24, 2.45) is 0 Å². The van der Waals surface area contributed by atoms with Crippen molar-refractivity contribution in [3.05, 3.63) is 58.9 Å². The van der Waals surface area contributed by atoms with Gasteiger partial charge in [0.05, 0.1) is 24.0 Å². The summed E-state index contributed by atoms with van der Waals surface area (Å²) < 4.78 is 7.53. The fourth-order valence-corrected chi connectivity index (χ4v) is 4.13. The van der Waals surface area contributed by atoms with Crippen molar-refractivity contribution in [1.82, 2.24) is 14.5 Å². The largest absolute Gasteiger partial charge is 0.497 e. The number of benzene rings is 2. The van der Waals surface area contributed by atoms with E-state index in [-0.39, 0.29) is 0 Å². The predicted molar refractivity (Wildman–Crippen MR) is 106 cm³/mol. The third-order valence-electron chi connectivity index (χ3n) is 5.02. The van der Waals surface area contributed by atoms with Crippen LogP contribution in [0.5, 0.6) is 5.75 Å². The Hall–Kier alpha value is -1.75. The van der Waals surface area contributed by atoms with Crippen molar-refractivity contribution >= 4 is 34.2 Å². The molecule has 26 heavy (non-hydrogen) atoms. The summed E-state index contributed by atoms with van der Waals surface area (Å²) >= 11 is 12.3. The van der Waals surface area contributed by atoms with E-state index in [0.717, 1.165) is 48.7 Å². The minimum absolute atomic E-state index is 0.383. The maximum absolute atomic E-state index is 6.17. The molecule has 1 unspecified atom stereocenters. The van der Waals surface area contributed by atoms with Gasteiger partial charge in [-0.1, -0.05) is 23.7 Å². The number of fused-ring (bicyclic) bond motifs is 1. The highest BCUT2D eigenvalue weighted by Crippen LogP contribution is 2.31. The number of halogens is 2. The molecule has 0 amide bonds. The zero-order valence-electron chi connectivity index (χ0n) is 14.7. The minimum Gasteiger partial charge on any atom is -0.497 e. The quantitative estimate of drug-likeness (QED) is 0.582. The molecule has 0 spiro atoms. The molecule has 136 valence electrons. The summed E-state index contributed by atoms with van der Waals surface area (Å²) in [6.45, 7) is 2.99. The van der Waals surface area contributed by atoms with Gasteiger partial charge in [-0.2, -0.15) is 0 Å². The van der Waals surface area contributed by atoms with E-state index in [9.17, 15) is 0 Å². The molecule has 1 atom stereocenters. The number of rotatable bonds is 5. The van der Waals surface area contributed by atoms with E-state index in [1.165, 1.54) is 5.56 Å². The predicted octanol–water partition coefficient (Wildman–Crippen LogP) is 4.88. The van der Waals surface area contributed by atoms with E-state index < -0.39 is 0 Å². The van der Waals surface area contributed by atoms with Gasteiger partial charge in [0.15, 0.2) is 0 Å². The second kappa shape index (κ2) is 7.47. The maximum atomic E-state index is 6.17. The molecule has 0 saturated carbocycles. The van der Waals surface area contributed by atoms with Crippen LogP contribution in [0, 0.1) is 0 Å². The molecule has 4 rings (SSSR count). The highest BCUT2D eigenvalue weighted by molar-refractivity contribution is 6.31. The summed E-state index contributed by atoms with van der Waals surface area (Å²) in [6, 6.07) is 14.6. The molecule has 0 N–H and O–H groups in total. The Morgan fingerprint density at radius 3 is 2.73 bits per heavy atom. The molecule has 1 aromatic heterocycles. The van der Waals surface area contributed by atoms with Crippen LogP contribution in [0.4, 0.5) is 0 Å². The highest BCUT2D eigenvalue weighted by atomic mass is 35.5. The van der Waals surface area contributed by atoms with Gasteiger partial charge >= 0.3 is 0 Å². The van der Waals surface area contributed by atoms with E-state index in [1.807, 2.05) is 30.3 Å². The molecule has 4 nitrogen and oxygen atoms in total. The lowest BCUT2D eigenvalue weighted by Crippen LogP contribution is -2.21. The van der Waals surface area contributed by atoms with Gasteiger partial charge in [-0.15, -0.1) is 11.6 Å². The topological polar surface area (TPSA) is 30.3 Å². The molecule has 2 heterocycles. The number of imidazole rings is 1. The fraction of sp³-hybridized carbons (Fsp3) is 0.350. The Morgan fingerprint density at radius 2 is 2.00 bits per heavy atom. The standard InChI is InChI=1S/C20H21Cl2N3O/c1-26-17-5-2-14(3-6-17)12-24-9-8-16(13-24)25-19-7-4-15(22)10-18(19)23-20(25)11-21/h2-7,10,16H,8-9,11-13H2,1H3. The second-order valence-corrected chi connectivity index (χ2v) is 7.39. The molecule has 1 saturated heterocycles. The van der Waals surface area contributed by atoms with Crippen LogP contribution < -0.4 is 4.74 Å². The van der Waals surface area contributed by atoms with E-state index in [0.29, 0.717) is 16.9 Å². The molecule has 1 aliphatic rings. The van der Waals surface area contributed by atoms with Crippen LogP contribution in [-0.4, -0.2) is 34.7 Å². The summed E-state index contributed by atoms with van der Waals surface area (Å²) in [5, 5.41) is 0.704. The lowest BCUT2D eigenvalue weighted by atomic mass is 10.2. The van der Waals surface area contributed by atoms with Crippen molar-refractivity contribution in [3.63, 3.8) is 0 Å². The first-order valence-electron chi connectivity index (χ1n) is 8.75. The van der Waals surface area contributed by atoms with Crippen molar-refractivity contribution in [1.29, 1.82) is 0 Å². The lowest BCUT2D eigenvalue weighted by molar-refractivity contribution is 0.316. The molecule has 3 aromatic rings. The average Bonchev–Trinajstić information content (AvgIpc) is 3.25. The molecular weight excluding hydrogens is 369 g/mol. The van der Waals surface area contributed by atoms with E-state index in [4.69, 9.17) is 27.9 Å². The highest BCUT2D eigenvalue weighted by Gasteiger charge is 2.27. The van der Waals surface area contributed by atoms with Crippen molar-refractivity contribution in [2.75, 3.05) is 20.2 Å². The summed E-state index contributed by atoms with van der Waals surface area (Å²) in [6.07, 6.45) is 1.09. The van der Waals surface area contributed by atoms with E-state index in [1.54, 1.807) is 7.11 Å². The van der Waals surface area contributed by atoms with Crippen LogP contribution in [0.25, 0.3) is 11.0 Å². The monoisotopic (exact) mass is 389 g/mol. The first-order valence-corrected chi connectivity index (χ1v) is 9.67. The van der Waals surface area contributed by atoms with Gasteiger partial charge in [0, 0.05) is 30.7 Å². The molecule has 6 heteroatoms. The Balaban J connectivity index is 1.54. The number of hydrogen-bond acceptors (Lipinski definition) is 3. The molecule has 1 fully saturated rings. The van der Waals surface area contributed by atoms with Crippen molar-refractivity contribution in [2.45, 2.75) is 24.9 Å².